The Morgan fingerprint density at radius 2 is 2.18 bits per heavy atom. The minimum absolute atomic E-state index is 0.131. The highest BCUT2D eigenvalue weighted by Gasteiger charge is 2.29. The molecule has 0 radical (unpaired) electrons. The van der Waals surface area contributed by atoms with Gasteiger partial charge in [0.1, 0.15) is 5.82 Å². The van der Waals surface area contributed by atoms with E-state index in [1.165, 1.54) is 31.9 Å². The zero-order chi connectivity index (χ0) is 15.5. The van der Waals surface area contributed by atoms with Gasteiger partial charge in [0.2, 0.25) is 5.91 Å². The Morgan fingerprint density at radius 1 is 1.32 bits per heavy atom. The number of piperidine rings is 1. The molecular formula is C17H24FN3O. The van der Waals surface area contributed by atoms with Crippen molar-refractivity contribution in [1.82, 2.24) is 9.80 Å². The number of fused-ring (bicyclic) bond motifs is 1. The van der Waals surface area contributed by atoms with E-state index >= 15 is 0 Å². The van der Waals surface area contributed by atoms with Crippen LogP contribution >= 0.6 is 0 Å². The van der Waals surface area contributed by atoms with Crippen molar-refractivity contribution in [3.05, 3.63) is 29.6 Å². The van der Waals surface area contributed by atoms with Gasteiger partial charge in [-0.05, 0) is 44.0 Å². The highest BCUT2D eigenvalue weighted by Crippen LogP contribution is 2.21. The van der Waals surface area contributed by atoms with E-state index in [0.717, 1.165) is 25.2 Å². The third-order valence-corrected chi connectivity index (χ3v) is 4.68. The third kappa shape index (κ3) is 3.65. The van der Waals surface area contributed by atoms with Crippen LogP contribution in [0.25, 0.3) is 0 Å². The molecule has 4 nitrogen and oxygen atoms in total. The largest absolute Gasteiger partial charge is 0.322 e. The van der Waals surface area contributed by atoms with Crippen molar-refractivity contribution in [2.24, 2.45) is 0 Å². The second kappa shape index (κ2) is 6.75. The average Bonchev–Trinajstić information content (AvgIpc) is 2.51. The molecule has 0 bridgehead atoms. The van der Waals surface area contributed by atoms with Crippen molar-refractivity contribution in [2.75, 3.05) is 38.0 Å². The summed E-state index contributed by atoms with van der Waals surface area (Å²) in [5.74, 6) is -0.509. The molecule has 3 rings (SSSR count). The van der Waals surface area contributed by atoms with Gasteiger partial charge in [-0.1, -0.05) is 12.5 Å². The summed E-state index contributed by atoms with van der Waals surface area (Å²) in [5, 5.41) is 2.70. The molecule has 2 fully saturated rings. The van der Waals surface area contributed by atoms with Crippen LogP contribution in [-0.4, -0.2) is 54.5 Å². The minimum atomic E-state index is -0.379. The molecule has 0 aliphatic carbocycles. The molecule has 2 heterocycles. The summed E-state index contributed by atoms with van der Waals surface area (Å²) in [6.07, 6.45) is 3.81. The third-order valence-electron chi connectivity index (χ3n) is 4.68. The number of nitrogens with one attached hydrogen (secondary N) is 1. The quantitative estimate of drug-likeness (QED) is 0.930. The molecule has 1 atom stereocenters. The Balaban J connectivity index is 1.54. The van der Waals surface area contributed by atoms with Crippen molar-refractivity contribution >= 4 is 11.6 Å². The maximum absolute atomic E-state index is 13.7. The number of carbonyl (C=O) groups is 1. The van der Waals surface area contributed by atoms with Gasteiger partial charge in [-0.25, -0.2) is 4.39 Å². The fourth-order valence-electron chi connectivity index (χ4n) is 3.49. The van der Waals surface area contributed by atoms with Gasteiger partial charge in [0.25, 0.3) is 0 Å². The molecule has 0 aromatic heterocycles. The summed E-state index contributed by atoms with van der Waals surface area (Å²) in [6, 6.07) is 5.36. The topological polar surface area (TPSA) is 35.6 Å². The fourth-order valence-corrected chi connectivity index (χ4v) is 3.49. The molecule has 0 spiro atoms. The molecule has 1 amide bonds. The van der Waals surface area contributed by atoms with E-state index < -0.39 is 0 Å². The number of hydrogen-bond donors (Lipinski definition) is 1. The lowest BCUT2D eigenvalue weighted by Crippen LogP contribution is -2.55. The van der Waals surface area contributed by atoms with E-state index in [4.69, 9.17) is 0 Å². The van der Waals surface area contributed by atoms with Crippen LogP contribution in [0.1, 0.15) is 24.8 Å². The number of piperazine rings is 1. The molecule has 1 aromatic rings. The fraction of sp³-hybridized carbons (Fsp3) is 0.588. The van der Waals surface area contributed by atoms with Crippen molar-refractivity contribution < 1.29 is 9.18 Å². The van der Waals surface area contributed by atoms with E-state index in [0.29, 0.717) is 12.6 Å². The molecule has 1 aromatic carbocycles. The first-order valence-corrected chi connectivity index (χ1v) is 8.14. The number of carbonyl (C=O) groups excluding carboxylic acids is 1. The molecule has 2 saturated heterocycles. The molecule has 0 saturated carbocycles. The molecule has 0 unspecified atom stereocenters. The normalized spacial score (nSPS) is 23.1. The number of amides is 1. The summed E-state index contributed by atoms with van der Waals surface area (Å²) in [6.45, 7) is 6.33. The van der Waals surface area contributed by atoms with Gasteiger partial charge in [0.05, 0.1) is 12.2 Å². The van der Waals surface area contributed by atoms with Crippen molar-refractivity contribution in [2.45, 2.75) is 32.2 Å². The zero-order valence-electron chi connectivity index (χ0n) is 13.1. The van der Waals surface area contributed by atoms with Crippen molar-refractivity contribution in [3.63, 3.8) is 0 Å². The Hall–Kier alpha value is -1.46. The summed E-state index contributed by atoms with van der Waals surface area (Å²) < 4.78 is 13.7. The second-order valence-corrected chi connectivity index (χ2v) is 6.45. The SMILES string of the molecule is Cc1ccc(F)c(NC(=O)CN2CCN3CCCC[C@@H]3C2)c1. The molecular weight excluding hydrogens is 281 g/mol. The molecule has 2 aliphatic rings. The van der Waals surface area contributed by atoms with Gasteiger partial charge in [-0.3, -0.25) is 14.6 Å². The number of hydrogen-bond acceptors (Lipinski definition) is 3. The van der Waals surface area contributed by atoms with Gasteiger partial charge in [-0.2, -0.15) is 0 Å². The van der Waals surface area contributed by atoms with Crippen LogP contribution < -0.4 is 5.32 Å². The molecule has 1 N–H and O–H groups in total. The molecule has 5 heteroatoms. The Morgan fingerprint density at radius 3 is 3.05 bits per heavy atom. The summed E-state index contributed by atoms with van der Waals surface area (Å²) >= 11 is 0. The standard InChI is InChI=1S/C17H24FN3O/c1-13-5-6-15(18)16(10-13)19-17(22)12-20-8-9-21-7-3-2-4-14(21)11-20/h5-6,10,14H,2-4,7-9,11-12H2,1H3,(H,19,22)/t14-/m1/s1. The van der Waals surface area contributed by atoms with Crippen LogP contribution in [0.15, 0.2) is 18.2 Å². The van der Waals surface area contributed by atoms with Crippen molar-refractivity contribution in [3.8, 4) is 0 Å². The predicted molar refractivity (Wildman–Crippen MR) is 85.4 cm³/mol. The Labute approximate surface area is 131 Å². The molecule has 22 heavy (non-hydrogen) atoms. The summed E-state index contributed by atoms with van der Waals surface area (Å²) in [4.78, 5) is 16.9. The van der Waals surface area contributed by atoms with E-state index in [2.05, 4.69) is 15.1 Å². The number of benzene rings is 1. The Bertz CT molecular complexity index is 549. The minimum Gasteiger partial charge on any atom is -0.322 e. The predicted octanol–water partition coefficient (Wildman–Crippen LogP) is 2.24. The maximum atomic E-state index is 13.7. The van der Waals surface area contributed by atoms with Crippen molar-refractivity contribution in [1.29, 1.82) is 0 Å². The lowest BCUT2D eigenvalue weighted by molar-refractivity contribution is -0.118. The van der Waals surface area contributed by atoms with Crippen LogP contribution in [0.5, 0.6) is 0 Å². The maximum Gasteiger partial charge on any atom is 0.238 e. The van der Waals surface area contributed by atoms with Crippen LogP contribution in [0.4, 0.5) is 10.1 Å². The van der Waals surface area contributed by atoms with Gasteiger partial charge in [-0.15, -0.1) is 0 Å². The second-order valence-electron chi connectivity index (χ2n) is 6.45. The van der Waals surface area contributed by atoms with E-state index in [1.807, 2.05) is 6.92 Å². The molecule has 120 valence electrons. The number of halogens is 1. The Kier molecular flexibility index (Phi) is 4.74. The first kappa shape index (κ1) is 15.4. The van der Waals surface area contributed by atoms with Crippen LogP contribution in [0.3, 0.4) is 0 Å². The van der Waals surface area contributed by atoms with E-state index in [-0.39, 0.29) is 17.4 Å². The monoisotopic (exact) mass is 305 g/mol. The number of nitrogens with zero attached hydrogens (tertiary/aromatic N) is 2. The summed E-state index contributed by atoms with van der Waals surface area (Å²) in [5.41, 5.74) is 1.22. The number of anilines is 1. The van der Waals surface area contributed by atoms with Crippen LogP contribution in [0, 0.1) is 12.7 Å². The highest BCUT2D eigenvalue weighted by molar-refractivity contribution is 5.92. The first-order chi connectivity index (χ1) is 10.6. The highest BCUT2D eigenvalue weighted by atomic mass is 19.1. The lowest BCUT2D eigenvalue weighted by Gasteiger charge is -2.43. The number of rotatable bonds is 3. The van der Waals surface area contributed by atoms with Crippen LogP contribution in [-0.2, 0) is 4.79 Å². The van der Waals surface area contributed by atoms with Crippen LogP contribution in [0.2, 0.25) is 0 Å². The van der Waals surface area contributed by atoms with E-state index in [1.54, 1.807) is 12.1 Å². The molecule has 2 aliphatic heterocycles. The number of aryl methyl sites for hydroxylation is 1. The van der Waals surface area contributed by atoms with Gasteiger partial charge < -0.3 is 5.32 Å². The first-order valence-electron chi connectivity index (χ1n) is 8.14. The summed E-state index contributed by atoms with van der Waals surface area (Å²) in [7, 11) is 0. The average molecular weight is 305 g/mol. The smallest absolute Gasteiger partial charge is 0.238 e. The lowest BCUT2D eigenvalue weighted by atomic mass is 9.99. The van der Waals surface area contributed by atoms with Gasteiger partial charge in [0, 0.05) is 25.7 Å². The zero-order valence-corrected chi connectivity index (χ0v) is 13.1. The van der Waals surface area contributed by atoms with Gasteiger partial charge >= 0.3 is 0 Å². The van der Waals surface area contributed by atoms with Gasteiger partial charge in [0.15, 0.2) is 0 Å². The van der Waals surface area contributed by atoms with E-state index in [9.17, 15) is 9.18 Å².